The van der Waals surface area contributed by atoms with Crippen LogP contribution in [0.15, 0.2) is 0 Å². The average Bonchev–Trinajstić information content (AvgIpc) is 2.93. The molecular formula is C32H73NO10. The molecule has 0 bridgehead atoms. The quantitative estimate of drug-likeness (QED) is 0.134. The Morgan fingerprint density at radius 2 is 1.02 bits per heavy atom. The van der Waals surface area contributed by atoms with Crippen LogP contribution in [-0.4, -0.2) is 110 Å². The largest absolute Gasteiger partial charge is 0.469 e. The highest BCUT2D eigenvalue weighted by Crippen LogP contribution is 1.87. The maximum Gasteiger partial charge on any atom is 0.302 e. The first-order chi connectivity index (χ1) is 20.1. The summed E-state index contributed by atoms with van der Waals surface area (Å²) in [7, 11) is 9.46. The molecule has 0 fully saturated rings. The number of aliphatic hydroxyl groups is 1. The molecule has 1 unspecified atom stereocenters. The van der Waals surface area contributed by atoms with Crippen LogP contribution in [0.1, 0.15) is 108 Å². The van der Waals surface area contributed by atoms with Crippen LogP contribution in [0.25, 0.3) is 0 Å². The van der Waals surface area contributed by atoms with Crippen molar-refractivity contribution in [2.24, 2.45) is 0 Å². The molecule has 0 aliphatic carbocycles. The lowest BCUT2D eigenvalue weighted by molar-refractivity contribution is -0.138. The first kappa shape index (κ1) is 60.4. The zero-order valence-corrected chi connectivity index (χ0v) is 31.0. The summed E-state index contributed by atoms with van der Waals surface area (Å²) in [5.74, 6) is -0.0116. The van der Waals surface area contributed by atoms with E-state index in [1.165, 1.54) is 67.6 Å². The van der Waals surface area contributed by atoms with Crippen molar-refractivity contribution in [3.8, 4) is 0 Å². The van der Waals surface area contributed by atoms with Crippen molar-refractivity contribution < 1.29 is 47.9 Å². The van der Waals surface area contributed by atoms with E-state index in [0.717, 1.165) is 26.1 Å². The summed E-state index contributed by atoms with van der Waals surface area (Å²) >= 11 is 0. The van der Waals surface area contributed by atoms with Crippen LogP contribution in [-0.2, 0) is 42.8 Å². The molecular weight excluding hydrogens is 558 g/mol. The predicted molar refractivity (Wildman–Crippen MR) is 180 cm³/mol. The molecule has 0 saturated heterocycles. The minimum Gasteiger partial charge on any atom is -0.469 e. The van der Waals surface area contributed by atoms with E-state index >= 15 is 0 Å². The fourth-order valence-corrected chi connectivity index (χ4v) is 1.22. The third kappa shape index (κ3) is 198. The number of nitrogens with one attached hydrogen (secondary N) is 1. The summed E-state index contributed by atoms with van der Waals surface area (Å²) < 4.78 is 27.3. The molecule has 43 heavy (non-hydrogen) atoms. The van der Waals surface area contributed by atoms with Crippen molar-refractivity contribution in [2.75, 3.05) is 75.7 Å². The summed E-state index contributed by atoms with van der Waals surface area (Å²) in [6, 6.07) is 0. The molecule has 2 N–H and O–H groups in total. The van der Waals surface area contributed by atoms with E-state index in [4.69, 9.17) is 20.0 Å². The molecule has 0 aromatic carbocycles. The van der Waals surface area contributed by atoms with Gasteiger partial charge in [-0.2, -0.15) is 0 Å². The Morgan fingerprint density at radius 3 is 1.07 bits per heavy atom. The van der Waals surface area contributed by atoms with E-state index in [-0.39, 0.29) is 30.2 Å². The maximum atomic E-state index is 9.92. The van der Waals surface area contributed by atoms with E-state index in [1.807, 2.05) is 6.92 Å². The minimum atomic E-state index is -0.273. The first-order valence-electron chi connectivity index (χ1n) is 14.8. The number of hydrogen-bond acceptors (Lipinski definition) is 11. The van der Waals surface area contributed by atoms with Gasteiger partial charge in [0.15, 0.2) is 5.78 Å². The van der Waals surface area contributed by atoms with Gasteiger partial charge in [0.25, 0.3) is 0 Å². The van der Waals surface area contributed by atoms with Crippen LogP contribution in [0, 0.1) is 5.41 Å². The lowest BCUT2D eigenvalue weighted by Crippen LogP contribution is -2.11. The second-order valence-electron chi connectivity index (χ2n) is 8.81. The van der Waals surface area contributed by atoms with Crippen molar-refractivity contribution in [1.82, 2.24) is 0 Å². The van der Waals surface area contributed by atoms with E-state index < -0.39 is 0 Å². The number of ether oxygens (including phenoxy) is 6. The molecule has 11 nitrogen and oxygen atoms in total. The third-order valence-electron chi connectivity index (χ3n) is 3.44. The number of rotatable bonds is 13. The SMILES string of the molecule is CC(C)=O.CCC(O)COC.CCCC.CCCCOC.CCCOC.COC(C)=O.COCC(C)=N.COCC(C)=O. The molecule has 0 amide bonds. The van der Waals surface area contributed by atoms with E-state index in [1.54, 1.807) is 35.4 Å². The maximum absolute atomic E-state index is 9.92. The van der Waals surface area contributed by atoms with Crippen molar-refractivity contribution in [3.63, 3.8) is 0 Å². The van der Waals surface area contributed by atoms with Crippen LogP contribution in [0.2, 0.25) is 0 Å². The number of methoxy groups -OCH3 is 6. The number of aliphatic hydroxyl groups excluding tert-OH is 1. The zero-order valence-electron chi connectivity index (χ0n) is 31.0. The third-order valence-corrected chi connectivity index (χ3v) is 3.44. The molecule has 266 valence electrons. The number of ketones is 2. The van der Waals surface area contributed by atoms with Gasteiger partial charge in [0.05, 0.1) is 26.4 Å². The standard InChI is InChI=1S/C5H12O2.C5H12O.C4H9NO.C4H8O2.C4H10O.C4H10.C3H6O2.C3H6O/c1-3-5(6)4-7-2;1-3-4-5-6-2;2*1-4(5)3-6-2;1-3-4-5-2;1-3-4-2;1-3(4)5-2;1-3(2)4/h5-6H,3-4H2,1-2H3;3-5H2,1-2H3;5H,3H2,1-2H3;3H2,1-2H3;3-4H2,1-2H3;3-4H2,1-2H3;1-2H3;1-2H3. The van der Waals surface area contributed by atoms with Gasteiger partial charge in [0.2, 0.25) is 0 Å². The van der Waals surface area contributed by atoms with Gasteiger partial charge < -0.3 is 43.7 Å². The number of Topliss-reactive ketones (excluding diaryl/α,β-unsaturated/α-hetero) is 2. The highest BCUT2D eigenvalue weighted by atomic mass is 16.5. The van der Waals surface area contributed by atoms with E-state index in [0.29, 0.717) is 18.9 Å². The van der Waals surface area contributed by atoms with Crippen LogP contribution in [0.3, 0.4) is 0 Å². The summed E-state index contributed by atoms with van der Waals surface area (Å²) in [6.45, 7) is 21.1. The normalized spacial score (nSPS) is 8.95. The average molecular weight is 632 g/mol. The smallest absolute Gasteiger partial charge is 0.302 e. The lowest BCUT2D eigenvalue weighted by atomic mass is 10.3. The number of esters is 1. The van der Waals surface area contributed by atoms with Crippen LogP contribution >= 0.6 is 0 Å². The summed E-state index contributed by atoms with van der Waals surface area (Å²) in [4.78, 5) is 29.0. The molecule has 0 aliphatic heterocycles. The number of carbonyl (C=O) groups excluding carboxylic acids is 3. The van der Waals surface area contributed by atoms with Gasteiger partial charge >= 0.3 is 5.97 Å². The Morgan fingerprint density at radius 1 is 0.628 bits per heavy atom. The summed E-state index contributed by atoms with van der Waals surface area (Å²) in [5, 5.41) is 15.5. The summed E-state index contributed by atoms with van der Waals surface area (Å²) in [6.07, 6.45) is 6.68. The second kappa shape index (κ2) is 67.8. The lowest BCUT2D eigenvalue weighted by Gasteiger charge is -2.02. The Kier molecular flexibility index (Phi) is 95.2. The van der Waals surface area contributed by atoms with Crippen LogP contribution in [0.4, 0.5) is 0 Å². The van der Waals surface area contributed by atoms with Gasteiger partial charge in [-0.15, -0.1) is 0 Å². The highest BCUT2D eigenvalue weighted by Gasteiger charge is 1.95. The van der Waals surface area contributed by atoms with Gasteiger partial charge in [-0.05, 0) is 47.0 Å². The van der Waals surface area contributed by atoms with Crippen molar-refractivity contribution in [3.05, 3.63) is 0 Å². The molecule has 0 aromatic rings. The van der Waals surface area contributed by atoms with Crippen LogP contribution in [0.5, 0.6) is 0 Å². The molecule has 0 heterocycles. The first-order valence-corrected chi connectivity index (χ1v) is 14.8. The molecule has 11 heteroatoms. The van der Waals surface area contributed by atoms with E-state index in [2.05, 4.69) is 46.6 Å². The van der Waals surface area contributed by atoms with Crippen molar-refractivity contribution in [2.45, 2.75) is 114 Å². The second-order valence-corrected chi connectivity index (χ2v) is 8.81. The monoisotopic (exact) mass is 632 g/mol. The number of hydrogen-bond donors (Lipinski definition) is 2. The Bertz CT molecular complexity index is 477. The Balaban J connectivity index is -0.0000000546. The highest BCUT2D eigenvalue weighted by molar-refractivity contribution is 5.79. The minimum absolute atomic E-state index is 0.0671. The number of carbonyl (C=O) groups is 3. The molecule has 0 aromatic heterocycles. The summed E-state index contributed by atoms with van der Waals surface area (Å²) in [5.41, 5.74) is 0.567. The Hall–Kier alpha value is -1.76. The van der Waals surface area contributed by atoms with Gasteiger partial charge in [-0.25, -0.2) is 0 Å². The zero-order chi connectivity index (χ0) is 35.9. The Labute approximate surface area is 266 Å². The molecule has 1 atom stereocenters. The fraction of sp³-hybridized carbons (Fsp3) is 0.875. The van der Waals surface area contributed by atoms with Crippen LogP contribution < -0.4 is 0 Å². The topological polar surface area (TPSA) is 151 Å². The molecule has 0 saturated carbocycles. The van der Waals surface area contributed by atoms with E-state index in [9.17, 15) is 14.4 Å². The van der Waals surface area contributed by atoms with Gasteiger partial charge in [-0.3, -0.25) is 9.59 Å². The van der Waals surface area contributed by atoms with Crippen molar-refractivity contribution >= 4 is 23.2 Å². The molecule has 0 aliphatic rings. The van der Waals surface area contributed by atoms with Crippen molar-refractivity contribution in [1.29, 1.82) is 5.41 Å². The molecule has 0 rings (SSSR count). The molecule has 0 radical (unpaired) electrons. The van der Waals surface area contributed by atoms with Gasteiger partial charge in [-0.1, -0.05) is 53.9 Å². The van der Waals surface area contributed by atoms with Gasteiger partial charge in [0.1, 0.15) is 12.4 Å². The fourth-order valence-electron chi connectivity index (χ4n) is 1.22. The van der Waals surface area contributed by atoms with Gasteiger partial charge in [0, 0.05) is 61.4 Å². The predicted octanol–water partition coefficient (Wildman–Crippen LogP) is 6.35. The number of unbranched alkanes of at least 4 members (excludes halogenated alkanes) is 2. The molecule has 0 spiro atoms.